The minimum absolute atomic E-state index is 0.305. The molecule has 0 saturated carbocycles. The fourth-order valence-electron chi connectivity index (χ4n) is 3.52. The fraction of sp³-hybridized carbons (Fsp3) is 0.444. The molecule has 2 heterocycles. The van der Waals surface area contributed by atoms with Crippen LogP contribution in [0.25, 0.3) is 0 Å². The minimum atomic E-state index is -0.305. The average Bonchev–Trinajstić information content (AvgIpc) is 3.14. The number of aryl methyl sites for hydroxylation is 1. The van der Waals surface area contributed by atoms with Crippen LogP contribution in [0.3, 0.4) is 0 Å². The van der Waals surface area contributed by atoms with Crippen molar-refractivity contribution in [3.63, 3.8) is 0 Å². The zero-order valence-corrected chi connectivity index (χ0v) is 13.9. The number of aromatic nitrogens is 2. The molecule has 0 bridgehead atoms. The zero-order valence-electron chi connectivity index (χ0n) is 13.9. The second kappa shape index (κ2) is 7.12. The van der Waals surface area contributed by atoms with Gasteiger partial charge in [0.05, 0.1) is 24.4 Å². The zero-order chi connectivity index (χ0) is 17.1. The largest absolute Gasteiger partial charge is 0.384 e. The van der Waals surface area contributed by atoms with Crippen LogP contribution >= 0.6 is 0 Å². The molecule has 2 atom stereocenters. The number of hydrogen-bond donors (Lipinski definition) is 0. The molecular weight excluding hydrogens is 307 g/mol. The standard InChI is InChI=1S/C18H21FN4O/c1-22-8-15(7-21-22)18-11-23(10-16(18)12-24-2)9-14-5-17(19)4-3-13(14)6-20/h3-5,7-8,16,18H,9-12H2,1-2H3/t16-,18-/m0/s1. The number of methoxy groups -OCH3 is 1. The lowest BCUT2D eigenvalue weighted by Crippen LogP contribution is -2.21. The molecule has 0 N–H and O–H groups in total. The Balaban J connectivity index is 1.78. The summed E-state index contributed by atoms with van der Waals surface area (Å²) in [6.07, 6.45) is 3.94. The number of ether oxygens (including phenoxy) is 1. The lowest BCUT2D eigenvalue weighted by atomic mass is 9.92. The third kappa shape index (κ3) is 3.48. The van der Waals surface area contributed by atoms with E-state index in [1.165, 1.54) is 17.7 Å². The van der Waals surface area contributed by atoms with Crippen molar-refractivity contribution >= 4 is 0 Å². The van der Waals surface area contributed by atoms with Crippen LogP contribution in [0.4, 0.5) is 4.39 Å². The highest BCUT2D eigenvalue weighted by molar-refractivity contribution is 5.38. The van der Waals surface area contributed by atoms with E-state index in [1.807, 2.05) is 24.1 Å². The summed E-state index contributed by atoms with van der Waals surface area (Å²) in [5, 5.41) is 13.5. The number of nitrogens with zero attached hydrogens (tertiary/aromatic N) is 4. The van der Waals surface area contributed by atoms with Gasteiger partial charge in [0.1, 0.15) is 5.82 Å². The molecule has 0 unspecified atom stereocenters. The molecule has 3 rings (SSSR count). The molecule has 126 valence electrons. The summed E-state index contributed by atoms with van der Waals surface area (Å²) in [4.78, 5) is 2.26. The molecule has 1 aromatic heterocycles. The summed E-state index contributed by atoms with van der Waals surface area (Å²) in [6.45, 7) is 2.94. The highest BCUT2D eigenvalue weighted by Crippen LogP contribution is 2.33. The maximum absolute atomic E-state index is 13.5. The second-order valence-electron chi connectivity index (χ2n) is 6.38. The Bertz CT molecular complexity index is 752. The normalized spacial score (nSPS) is 21.1. The van der Waals surface area contributed by atoms with Gasteiger partial charge >= 0.3 is 0 Å². The van der Waals surface area contributed by atoms with Gasteiger partial charge in [0.25, 0.3) is 0 Å². The van der Waals surface area contributed by atoms with E-state index < -0.39 is 0 Å². The Morgan fingerprint density at radius 2 is 2.25 bits per heavy atom. The predicted octanol–water partition coefficient (Wildman–Crippen LogP) is 2.29. The Kier molecular flexibility index (Phi) is 4.93. The summed E-state index contributed by atoms with van der Waals surface area (Å²) in [5.74, 6) is 0.386. The third-order valence-electron chi connectivity index (χ3n) is 4.63. The van der Waals surface area contributed by atoms with Crippen molar-refractivity contribution in [2.45, 2.75) is 12.5 Å². The highest BCUT2D eigenvalue weighted by atomic mass is 19.1. The molecule has 24 heavy (non-hydrogen) atoms. The molecule has 1 saturated heterocycles. The lowest BCUT2D eigenvalue weighted by Gasteiger charge is -2.16. The van der Waals surface area contributed by atoms with Crippen molar-refractivity contribution in [1.29, 1.82) is 5.26 Å². The van der Waals surface area contributed by atoms with Gasteiger partial charge in [-0.05, 0) is 29.3 Å². The Hall–Kier alpha value is -2.23. The van der Waals surface area contributed by atoms with E-state index in [4.69, 9.17) is 4.74 Å². The van der Waals surface area contributed by atoms with Crippen LogP contribution in [0.15, 0.2) is 30.6 Å². The topological polar surface area (TPSA) is 54.1 Å². The van der Waals surface area contributed by atoms with Crippen LogP contribution in [-0.2, 0) is 18.3 Å². The van der Waals surface area contributed by atoms with Crippen LogP contribution in [0.1, 0.15) is 22.6 Å². The van der Waals surface area contributed by atoms with E-state index in [0.29, 0.717) is 30.6 Å². The highest BCUT2D eigenvalue weighted by Gasteiger charge is 2.34. The minimum Gasteiger partial charge on any atom is -0.384 e. The number of nitriles is 1. The first-order valence-electron chi connectivity index (χ1n) is 7.99. The van der Waals surface area contributed by atoms with Gasteiger partial charge in [0, 0.05) is 51.8 Å². The first kappa shape index (κ1) is 16.6. The van der Waals surface area contributed by atoms with Gasteiger partial charge in [-0.25, -0.2) is 4.39 Å². The molecule has 0 spiro atoms. The van der Waals surface area contributed by atoms with Crippen LogP contribution in [-0.4, -0.2) is 41.5 Å². The van der Waals surface area contributed by atoms with Crippen molar-refractivity contribution in [1.82, 2.24) is 14.7 Å². The summed E-state index contributed by atoms with van der Waals surface area (Å²) < 4.78 is 20.7. The van der Waals surface area contributed by atoms with E-state index in [0.717, 1.165) is 18.7 Å². The van der Waals surface area contributed by atoms with E-state index in [2.05, 4.69) is 16.1 Å². The smallest absolute Gasteiger partial charge is 0.123 e. The molecule has 1 aromatic carbocycles. The third-order valence-corrected chi connectivity index (χ3v) is 4.63. The molecule has 0 amide bonds. The number of likely N-dealkylation sites (tertiary alicyclic amines) is 1. The molecule has 1 fully saturated rings. The molecule has 5 nitrogen and oxygen atoms in total. The van der Waals surface area contributed by atoms with Crippen molar-refractivity contribution in [2.75, 3.05) is 26.8 Å². The SMILES string of the molecule is COC[C@@H]1CN(Cc2cc(F)ccc2C#N)C[C@H]1c1cnn(C)c1. The summed E-state index contributed by atoms with van der Waals surface area (Å²) in [7, 11) is 3.62. The maximum Gasteiger partial charge on any atom is 0.123 e. The molecule has 1 aliphatic heterocycles. The monoisotopic (exact) mass is 328 g/mol. The van der Waals surface area contributed by atoms with Crippen LogP contribution in [0.2, 0.25) is 0 Å². The van der Waals surface area contributed by atoms with Crippen LogP contribution in [0.5, 0.6) is 0 Å². The van der Waals surface area contributed by atoms with E-state index in [-0.39, 0.29) is 5.82 Å². The first-order valence-corrected chi connectivity index (χ1v) is 7.99. The van der Waals surface area contributed by atoms with Crippen molar-refractivity contribution in [3.8, 4) is 6.07 Å². The molecule has 1 aliphatic rings. The van der Waals surface area contributed by atoms with Gasteiger partial charge in [-0.15, -0.1) is 0 Å². The van der Waals surface area contributed by atoms with Gasteiger partial charge in [-0.1, -0.05) is 0 Å². The summed E-state index contributed by atoms with van der Waals surface area (Å²) >= 11 is 0. The van der Waals surface area contributed by atoms with Gasteiger partial charge in [0.2, 0.25) is 0 Å². The lowest BCUT2D eigenvalue weighted by molar-refractivity contribution is 0.147. The molecular formula is C18H21FN4O. The number of hydrogen-bond acceptors (Lipinski definition) is 4. The quantitative estimate of drug-likeness (QED) is 0.845. The number of halogens is 1. The molecule has 0 radical (unpaired) electrons. The van der Waals surface area contributed by atoms with Gasteiger partial charge in [0.15, 0.2) is 0 Å². The Morgan fingerprint density at radius 3 is 2.92 bits per heavy atom. The summed E-state index contributed by atoms with van der Waals surface area (Å²) in [6, 6.07) is 6.49. The Labute approximate surface area is 141 Å². The second-order valence-corrected chi connectivity index (χ2v) is 6.38. The molecule has 6 heteroatoms. The maximum atomic E-state index is 13.5. The van der Waals surface area contributed by atoms with Crippen molar-refractivity contribution in [3.05, 3.63) is 53.1 Å². The Morgan fingerprint density at radius 1 is 1.42 bits per heavy atom. The van der Waals surface area contributed by atoms with E-state index in [1.54, 1.807) is 13.2 Å². The van der Waals surface area contributed by atoms with Crippen LogP contribution < -0.4 is 0 Å². The number of benzene rings is 1. The van der Waals surface area contributed by atoms with E-state index >= 15 is 0 Å². The predicted molar refractivity (Wildman–Crippen MR) is 87.7 cm³/mol. The van der Waals surface area contributed by atoms with Gasteiger partial charge in [-0.3, -0.25) is 9.58 Å². The van der Waals surface area contributed by atoms with Crippen molar-refractivity contribution < 1.29 is 9.13 Å². The van der Waals surface area contributed by atoms with Gasteiger partial charge < -0.3 is 4.74 Å². The fourth-order valence-corrected chi connectivity index (χ4v) is 3.52. The van der Waals surface area contributed by atoms with E-state index in [9.17, 15) is 9.65 Å². The van der Waals surface area contributed by atoms with Crippen molar-refractivity contribution in [2.24, 2.45) is 13.0 Å². The number of rotatable bonds is 5. The first-order chi connectivity index (χ1) is 11.6. The van der Waals surface area contributed by atoms with Gasteiger partial charge in [-0.2, -0.15) is 10.4 Å². The molecule has 0 aliphatic carbocycles. The summed E-state index contributed by atoms with van der Waals surface area (Å²) in [5.41, 5.74) is 2.46. The van der Waals surface area contributed by atoms with Crippen LogP contribution in [0, 0.1) is 23.1 Å². The average molecular weight is 328 g/mol. The molecule has 2 aromatic rings.